The molecule has 1 rings (SSSR count). The molecule has 0 aliphatic rings. The first kappa shape index (κ1) is 13.0. The fourth-order valence-electron chi connectivity index (χ4n) is 1.64. The molecular formula is C13H18O2S. The van der Waals surface area contributed by atoms with Gasteiger partial charge in [-0.05, 0) is 25.0 Å². The molecule has 3 heteroatoms. The van der Waals surface area contributed by atoms with E-state index in [0.717, 1.165) is 5.56 Å². The third kappa shape index (κ3) is 2.53. The molecule has 0 N–H and O–H groups in total. The van der Waals surface area contributed by atoms with Crippen molar-refractivity contribution in [2.75, 3.05) is 0 Å². The van der Waals surface area contributed by atoms with Gasteiger partial charge in [-0.15, -0.1) is 6.58 Å². The molecule has 88 valence electrons. The van der Waals surface area contributed by atoms with E-state index in [1.165, 1.54) is 6.08 Å². The highest BCUT2D eigenvalue weighted by Crippen LogP contribution is 2.22. The van der Waals surface area contributed by atoms with Crippen molar-refractivity contribution < 1.29 is 8.42 Å². The minimum atomic E-state index is -3.29. The lowest BCUT2D eigenvalue weighted by molar-refractivity contribution is 0.561. The number of sulfone groups is 1. The van der Waals surface area contributed by atoms with Crippen molar-refractivity contribution in [3.05, 3.63) is 42.5 Å². The molecular weight excluding hydrogens is 220 g/mol. The van der Waals surface area contributed by atoms with Gasteiger partial charge in [0.25, 0.3) is 0 Å². The van der Waals surface area contributed by atoms with E-state index in [9.17, 15) is 8.42 Å². The standard InChI is InChI=1S/C13H18O2S/c1-5-13(10(2)3)16(14,15)12-8-6-11(4)7-9-12/h5-10,13H,1H2,2-4H3/t13-/m1/s1. The van der Waals surface area contributed by atoms with Crippen molar-refractivity contribution in [1.29, 1.82) is 0 Å². The van der Waals surface area contributed by atoms with Crippen molar-refractivity contribution in [2.24, 2.45) is 5.92 Å². The van der Waals surface area contributed by atoms with Gasteiger partial charge in [0.05, 0.1) is 10.1 Å². The number of benzene rings is 1. The Labute approximate surface area is 97.9 Å². The molecule has 1 aromatic carbocycles. The molecule has 0 unspecified atom stereocenters. The van der Waals surface area contributed by atoms with Gasteiger partial charge < -0.3 is 0 Å². The van der Waals surface area contributed by atoms with Crippen LogP contribution in [0.5, 0.6) is 0 Å². The molecule has 0 aliphatic carbocycles. The van der Waals surface area contributed by atoms with Crippen LogP contribution < -0.4 is 0 Å². The highest BCUT2D eigenvalue weighted by Gasteiger charge is 2.27. The van der Waals surface area contributed by atoms with Crippen LogP contribution in [0.25, 0.3) is 0 Å². The average molecular weight is 238 g/mol. The van der Waals surface area contributed by atoms with Gasteiger partial charge in [0.2, 0.25) is 0 Å². The second-order valence-electron chi connectivity index (χ2n) is 4.30. The highest BCUT2D eigenvalue weighted by molar-refractivity contribution is 7.92. The average Bonchev–Trinajstić information content (AvgIpc) is 2.18. The normalized spacial score (nSPS) is 13.8. The van der Waals surface area contributed by atoms with Crippen molar-refractivity contribution in [3.63, 3.8) is 0 Å². The molecule has 1 atom stereocenters. The predicted molar refractivity (Wildman–Crippen MR) is 67.2 cm³/mol. The fraction of sp³-hybridized carbons (Fsp3) is 0.385. The predicted octanol–water partition coefficient (Wildman–Crippen LogP) is 2.98. The van der Waals surface area contributed by atoms with Gasteiger partial charge in [0.1, 0.15) is 0 Å². The molecule has 2 nitrogen and oxygen atoms in total. The van der Waals surface area contributed by atoms with Gasteiger partial charge in [0.15, 0.2) is 9.84 Å². The van der Waals surface area contributed by atoms with Crippen molar-refractivity contribution >= 4 is 9.84 Å². The van der Waals surface area contributed by atoms with Crippen LogP contribution in [0, 0.1) is 12.8 Å². The zero-order valence-electron chi connectivity index (χ0n) is 9.97. The maximum absolute atomic E-state index is 12.2. The largest absolute Gasteiger partial charge is 0.223 e. The van der Waals surface area contributed by atoms with Crippen LogP contribution in [0.2, 0.25) is 0 Å². The highest BCUT2D eigenvalue weighted by atomic mass is 32.2. The van der Waals surface area contributed by atoms with Crippen LogP contribution in [0.15, 0.2) is 41.8 Å². The van der Waals surface area contributed by atoms with Crippen molar-refractivity contribution in [2.45, 2.75) is 30.9 Å². The Bertz CT molecular complexity index is 455. The lowest BCUT2D eigenvalue weighted by Gasteiger charge is -2.17. The number of rotatable bonds is 4. The Kier molecular flexibility index (Phi) is 3.92. The lowest BCUT2D eigenvalue weighted by Crippen LogP contribution is -2.24. The summed E-state index contributed by atoms with van der Waals surface area (Å²) in [5, 5.41) is -0.518. The molecule has 0 saturated carbocycles. The summed E-state index contributed by atoms with van der Waals surface area (Å²) in [5.74, 6) is 0.0313. The first-order valence-corrected chi connectivity index (χ1v) is 6.87. The Morgan fingerprint density at radius 1 is 1.19 bits per heavy atom. The fourth-order valence-corrected chi connectivity index (χ4v) is 3.44. The van der Waals surface area contributed by atoms with Crippen molar-refractivity contribution in [1.82, 2.24) is 0 Å². The van der Waals surface area contributed by atoms with E-state index >= 15 is 0 Å². The second-order valence-corrected chi connectivity index (χ2v) is 6.41. The quantitative estimate of drug-likeness (QED) is 0.756. The van der Waals surface area contributed by atoms with E-state index in [4.69, 9.17) is 0 Å². The first-order chi connectivity index (χ1) is 7.39. The van der Waals surface area contributed by atoms with E-state index in [0.29, 0.717) is 4.90 Å². The van der Waals surface area contributed by atoms with Crippen LogP contribution >= 0.6 is 0 Å². The molecule has 0 bridgehead atoms. The molecule has 0 aliphatic heterocycles. The SMILES string of the molecule is C=C[C@H](C(C)C)S(=O)(=O)c1ccc(C)cc1. The number of aryl methyl sites for hydroxylation is 1. The van der Waals surface area contributed by atoms with Crippen LogP contribution in [-0.2, 0) is 9.84 Å². The van der Waals surface area contributed by atoms with Crippen LogP contribution in [0.1, 0.15) is 19.4 Å². The van der Waals surface area contributed by atoms with E-state index in [1.807, 2.05) is 32.9 Å². The van der Waals surface area contributed by atoms with Crippen LogP contribution in [-0.4, -0.2) is 13.7 Å². The summed E-state index contributed by atoms with van der Waals surface area (Å²) in [6, 6.07) is 6.94. The monoisotopic (exact) mass is 238 g/mol. The van der Waals surface area contributed by atoms with E-state index < -0.39 is 15.1 Å². The molecule has 0 radical (unpaired) electrons. The topological polar surface area (TPSA) is 34.1 Å². The van der Waals surface area contributed by atoms with Gasteiger partial charge in [0, 0.05) is 0 Å². The van der Waals surface area contributed by atoms with E-state index in [1.54, 1.807) is 12.1 Å². The Morgan fingerprint density at radius 2 is 1.69 bits per heavy atom. The number of hydrogen-bond acceptors (Lipinski definition) is 2. The minimum Gasteiger partial charge on any atom is -0.223 e. The second kappa shape index (κ2) is 4.83. The smallest absolute Gasteiger partial charge is 0.185 e. The van der Waals surface area contributed by atoms with Crippen LogP contribution in [0.4, 0.5) is 0 Å². The molecule has 0 fully saturated rings. The Morgan fingerprint density at radius 3 is 2.06 bits per heavy atom. The Balaban J connectivity index is 3.20. The maximum Gasteiger partial charge on any atom is 0.185 e. The third-order valence-corrected chi connectivity index (χ3v) is 4.98. The van der Waals surface area contributed by atoms with E-state index in [2.05, 4.69) is 6.58 Å². The summed E-state index contributed by atoms with van der Waals surface area (Å²) < 4.78 is 24.5. The minimum absolute atomic E-state index is 0.0313. The molecule has 0 aromatic heterocycles. The molecule has 16 heavy (non-hydrogen) atoms. The molecule has 0 amide bonds. The zero-order chi connectivity index (χ0) is 12.3. The summed E-state index contributed by atoms with van der Waals surface area (Å²) in [6.07, 6.45) is 1.51. The van der Waals surface area contributed by atoms with Gasteiger partial charge in [-0.2, -0.15) is 0 Å². The summed E-state index contributed by atoms with van der Waals surface area (Å²) in [7, 11) is -3.29. The number of hydrogen-bond donors (Lipinski definition) is 0. The molecule has 0 spiro atoms. The van der Waals surface area contributed by atoms with Gasteiger partial charge >= 0.3 is 0 Å². The van der Waals surface area contributed by atoms with E-state index in [-0.39, 0.29) is 5.92 Å². The molecule has 1 aromatic rings. The summed E-state index contributed by atoms with van der Waals surface area (Å²) in [5.41, 5.74) is 1.05. The Hall–Kier alpha value is -1.09. The van der Waals surface area contributed by atoms with Crippen LogP contribution in [0.3, 0.4) is 0 Å². The summed E-state index contributed by atoms with van der Waals surface area (Å²) in [4.78, 5) is 0.372. The molecule has 0 saturated heterocycles. The van der Waals surface area contributed by atoms with Gasteiger partial charge in [-0.25, -0.2) is 8.42 Å². The maximum atomic E-state index is 12.2. The summed E-state index contributed by atoms with van der Waals surface area (Å²) in [6.45, 7) is 9.32. The lowest BCUT2D eigenvalue weighted by atomic mass is 10.1. The van der Waals surface area contributed by atoms with Gasteiger partial charge in [-0.1, -0.05) is 37.6 Å². The zero-order valence-corrected chi connectivity index (χ0v) is 10.8. The first-order valence-electron chi connectivity index (χ1n) is 5.32. The third-order valence-electron chi connectivity index (χ3n) is 2.60. The van der Waals surface area contributed by atoms with Gasteiger partial charge in [-0.3, -0.25) is 0 Å². The van der Waals surface area contributed by atoms with Crippen molar-refractivity contribution in [3.8, 4) is 0 Å². The molecule has 0 heterocycles. The summed E-state index contributed by atoms with van der Waals surface area (Å²) >= 11 is 0.